The van der Waals surface area contributed by atoms with Crippen molar-refractivity contribution in [1.82, 2.24) is 0 Å². The summed E-state index contributed by atoms with van der Waals surface area (Å²) in [4.78, 5) is 10.8. The van der Waals surface area contributed by atoms with Gasteiger partial charge >= 0.3 is 5.97 Å². The quantitative estimate of drug-likeness (QED) is 0.694. The Morgan fingerprint density at radius 2 is 2.27 bits per heavy atom. The van der Waals surface area contributed by atoms with E-state index in [-0.39, 0.29) is 18.2 Å². The Labute approximate surface area is 89.0 Å². The molecule has 1 aliphatic heterocycles. The van der Waals surface area contributed by atoms with Gasteiger partial charge in [-0.3, -0.25) is 4.79 Å². The first-order chi connectivity index (χ1) is 7.16. The summed E-state index contributed by atoms with van der Waals surface area (Å²) in [6, 6.07) is 7.91. The fourth-order valence-electron chi connectivity index (χ4n) is 1.81. The van der Waals surface area contributed by atoms with Crippen molar-refractivity contribution < 1.29 is 14.3 Å². The number of hydrogen-bond donors (Lipinski definition) is 0. The maximum Gasteiger partial charge on any atom is 0.303 e. The molecule has 0 aliphatic carbocycles. The van der Waals surface area contributed by atoms with E-state index in [4.69, 9.17) is 9.47 Å². The lowest BCUT2D eigenvalue weighted by Crippen LogP contribution is -2.31. The van der Waals surface area contributed by atoms with Crippen molar-refractivity contribution in [2.75, 3.05) is 0 Å². The molecule has 0 radical (unpaired) electrons. The van der Waals surface area contributed by atoms with Crippen molar-refractivity contribution in [3.63, 3.8) is 0 Å². The molecule has 1 aliphatic rings. The van der Waals surface area contributed by atoms with Crippen LogP contribution in [0.2, 0.25) is 0 Å². The maximum absolute atomic E-state index is 10.8. The number of carbonyl (C=O) groups excluding carboxylic acids is 1. The predicted octanol–water partition coefficient (Wildman–Crippen LogP) is 1.94. The van der Waals surface area contributed by atoms with Crippen LogP contribution in [0.3, 0.4) is 0 Å². The number of para-hydroxylation sites is 1. The van der Waals surface area contributed by atoms with E-state index >= 15 is 0 Å². The van der Waals surface area contributed by atoms with Crippen molar-refractivity contribution in [1.29, 1.82) is 0 Å². The highest BCUT2D eigenvalue weighted by molar-refractivity contribution is 5.66. The monoisotopic (exact) mass is 206 g/mol. The van der Waals surface area contributed by atoms with E-state index < -0.39 is 0 Å². The van der Waals surface area contributed by atoms with Gasteiger partial charge in [-0.1, -0.05) is 18.2 Å². The van der Waals surface area contributed by atoms with Gasteiger partial charge in [-0.15, -0.1) is 0 Å². The van der Waals surface area contributed by atoms with Crippen molar-refractivity contribution in [2.24, 2.45) is 0 Å². The van der Waals surface area contributed by atoms with Crippen LogP contribution >= 0.6 is 0 Å². The van der Waals surface area contributed by atoms with Crippen molar-refractivity contribution in [3.8, 4) is 5.75 Å². The first-order valence-corrected chi connectivity index (χ1v) is 5.08. The molecule has 0 saturated carbocycles. The van der Waals surface area contributed by atoms with Crippen LogP contribution in [0.15, 0.2) is 24.3 Å². The van der Waals surface area contributed by atoms with Gasteiger partial charge in [0.1, 0.15) is 18.0 Å². The standard InChI is InChI=1S/C12H14O3/c1-8(14-9(2)13)12-7-10-5-3-4-6-11(10)15-12/h3-6,8,12H,7H2,1-2H3. The topological polar surface area (TPSA) is 35.5 Å². The third-order valence-corrected chi connectivity index (χ3v) is 2.55. The van der Waals surface area contributed by atoms with Crippen LogP contribution in [0, 0.1) is 0 Å². The lowest BCUT2D eigenvalue weighted by molar-refractivity contribution is -0.149. The van der Waals surface area contributed by atoms with Crippen molar-refractivity contribution in [2.45, 2.75) is 32.5 Å². The van der Waals surface area contributed by atoms with Gasteiger partial charge in [0.15, 0.2) is 0 Å². The van der Waals surface area contributed by atoms with E-state index in [2.05, 4.69) is 0 Å². The molecule has 1 heterocycles. The Morgan fingerprint density at radius 3 is 2.93 bits per heavy atom. The van der Waals surface area contributed by atoms with E-state index in [1.54, 1.807) is 0 Å². The first kappa shape index (κ1) is 10.0. The number of ether oxygens (including phenoxy) is 2. The zero-order chi connectivity index (χ0) is 10.8. The van der Waals surface area contributed by atoms with E-state index in [1.165, 1.54) is 12.5 Å². The van der Waals surface area contributed by atoms with Gasteiger partial charge in [-0.2, -0.15) is 0 Å². The number of fused-ring (bicyclic) bond motifs is 1. The molecule has 1 aromatic rings. The Hall–Kier alpha value is -1.51. The fourth-order valence-corrected chi connectivity index (χ4v) is 1.81. The van der Waals surface area contributed by atoms with E-state index in [9.17, 15) is 4.79 Å². The van der Waals surface area contributed by atoms with Gasteiger partial charge in [-0.05, 0) is 18.6 Å². The number of hydrogen-bond acceptors (Lipinski definition) is 3. The van der Waals surface area contributed by atoms with Crippen LogP contribution in [0.4, 0.5) is 0 Å². The molecule has 3 heteroatoms. The molecular formula is C12H14O3. The third kappa shape index (κ3) is 2.12. The minimum absolute atomic E-state index is 0.0497. The summed E-state index contributed by atoms with van der Waals surface area (Å²) in [5.74, 6) is 0.642. The normalized spacial score (nSPS) is 20.3. The van der Waals surface area contributed by atoms with Gasteiger partial charge in [0.05, 0.1) is 0 Å². The van der Waals surface area contributed by atoms with Gasteiger partial charge in [0.2, 0.25) is 0 Å². The molecule has 0 spiro atoms. The second-order valence-electron chi connectivity index (χ2n) is 3.78. The second-order valence-corrected chi connectivity index (χ2v) is 3.78. The SMILES string of the molecule is CC(=O)OC(C)C1Cc2ccccc2O1. The summed E-state index contributed by atoms with van der Waals surface area (Å²) in [6.07, 6.45) is 0.561. The highest BCUT2D eigenvalue weighted by atomic mass is 16.6. The van der Waals surface area contributed by atoms with E-state index in [1.807, 2.05) is 31.2 Å². The number of esters is 1. The molecule has 1 aromatic carbocycles. The van der Waals surface area contributed by atoms with Crippen LogP contribution < -0.4 is 4.74 Å². The second kappa shape index (κ2) is 3.93. The Kier molecular flexibility index (Phi) is 2.62. The first-order valence-electron chi connectivity index (χ1n) is 5.08. The van der Waals surface area contributed by atoms with Gasteiger partial charge < -0.3 is 9.47 Å². The summed E-state index contributed by atoms with van der Waals surface area (Å²) in [7, 11) is 0. The average Bonchev–Trinajstić information content (AvgIpc) is 2.59. The maximum atomic E-state index is 10.8. The van der Waals surface area contributed by atoms with Crippen LogP contribution in [0.25, 0.3) is 0 Å². The molecule has 0 bridgehead atoms. The van der Waals surface area contributed by atoms with Gasteiger partial charge in [-0.25, -0.2) is 0 Å². The predicted molar refractivity (Wildman–Crippen MR) is 55.8 cm³/mol. The zero-order valence-electron chi connectivity index (χ0n) is 8.90. The fraction of sp³-hybridized carbons (Fsp3) is 0.417. The largest absolute Gasteiger partial charge is 0.486 e. The summed E-state index contributed by atoms with van der Waals surface area (Å²) < 4.78 is 10.8. The van der Waals surface area contributed by atoms with E-state index in [0.29, 0.717) is 0 Å². The molecular weight excluding hydrogens is 192 g/mol. The molecule has 3 nitrogen and oxygen atoms in total. The van der Waals surface area contributed by atoms with Crippen LogP contribution in [0.1, 0.15) is 19.4 Å². The summed E-state index contributed by atoms with van der Waals surface area (Å²) in [5, 5.41) is 0. The molecule has 0 N–H and O–H groups in total. The Bertz CT molecular complexity index is 348. The summed E-state index contributed by atoms with van der Waals surface area (Å²) >= 11 is 0. The van der Waals surface area contributed by atoms with E-state index in [0.717, 1.165) is 12.2 Å². The molecule has 80 valence electrons. The zero-order valence-corrected chi connectivity index (χ0v) is 8.90. The molecule has 0 amide bonds. The Morgan fingerprint density at radius 1 is 1.53 bits per heavy atom. The Balaban J connectivity index is 2.03. The molecule has 2 unspecified atom stereocenters. The number of benzene rings is 1. The molecule has 0 aromatic heterocycles. The van der Waals surface area contributed by atoms with Crippen LogP contribution in [-0.4, -0.2) is 18.2 Å². The van der Waals surface area contributed by atoms with Crippen LogP contribution in [-0.2, 0) is 16.0 Å². The third-order valence-electron chi connectivity index (χ3n) is 2.55. The van der Waals surface area contributed by atoms with Crippen molar-refractivity contribution in [3.05, 3.63) is 29.8 Å². The molecule has 15 heavy (non-hydrogen) atoms. The van der Waals surface area contributed by atoms with Gasteiger partial charge in [0, 0.05) is 13.3 Å². The molecule has 0 saturated heterocycles. The van der Waals surface area contributed by atoms with Crippen molar-refractivity contribution >= 4 is 5.97 Å². The smallest absolute Gasteiger partial charge is 0.303 e. The number of carbonyl (C=O) groups is 1. The lowest BCUT2D eigenvalue weighted by Gasteiger charge is -2.18. The summed E-state index contributed by atoms with van der Waals surface area (Å²) in [6.45, 7) is 3.27. The van der Waals surface area contributed by atoms with Crippen LogP contribution in [0.5, 0.6) is 5.75 Å². The molecule has 0 fully saturated rings. The summed E-state index contributed by atoms with van der Waals surface area (Å²) in [5.41, 5.74) is 1.18. The highest BCUT2D eigenvalue weighted by Gasteiger charge is 2.29. The molecule has 2 rings (SSSR count). The average molecular weight is 206 g/mol. The van der Waals surface area contributed by atoms with Gasteiger partial charge in [0.25, 0.3) is 0 Å². The minimum atomic E-state index is -0.262. The number of rotatable bonds is 2. The highest BCUT2D eigenvalue weighted by Crippen LogP contribution is 2.30. The minimum Gasteiger partial charge on any atom is -0.486 e. The lowest BCUT2D eigenvalue weighted by atomic mass is 10.1. The molecule has 2 atom stereocenters.